The van der Waals surface area contributed by atoms with E-state index >= 15 is 0 Å². The Morgan fingerprint density at radius 2 is 2.03 bits per heavy atom. The molecule has 11 heteroatoms. The van der Waals surface area contributed by atoms with Crippen molar-refractivity contribution in [3.63, 3.8) is 0 Å². The Bertz CT molecular complexity index is 1250. The standard InChI is InChI=1S/C24H22F5N3O3/c1-12(33)31-6-5-20-18(11-31)22(13-3-2-4-15(7-13)35-24(27,28)29)30-32(20)23-17-8-14(25)9-19(26)16(17)10-21(23)34/h2-4,7,9,14,21,23,34H,5-6,8,10-11H2,1H3/t14?,21-,23?/m1/s1. The van der Waals surface area contributed by atoms with E-state index in [0.29, 0.717) is 41.1 Å². The van der Waals surface area contributed by atoms with E-state index in [-0.39, 0.29) is 30.9 Å². The summed E-state index contributed by atoms with van der Waals surface area (Å²) in [6.07, 6.45) is -6.26. The van der Waals surface area contributed by atoms with Crippen LogP contribution in [-0.4, -0.2) is 50.9 Å². The highest BCUT2D eigenvalue weighted by atomic mass is 19.4. The Kier molecular flexibility index (Phi) is 5.70. The van der Waals surface area contributed by atoms with Gasteiger partial charge in [0.2, 0.25) is 5.91 Å². The second kappa shape index (κ2) is 8.47. The van der Waals surface area contributed by atoms with Crippen molar-refractivity contribution in [3.8, 4) is 17.0 Å². The summed E-state index contributed by atoms with van der Waals surface area (Å²) in [7, 11) is 0. The molecular weight excluding hydrogens is 473 g/mol. The highest BCUT2D eigenvalue weighted by molar-refractivity contribution is 5.75. The predicted molar refractivity (Wildman–Crippen MR) is 115 cm³/mol. The van der Waals surface area contributed by atoms with E-state index in [1.165, 1.54) is 29.8 Å². The molecule has 3 atom stereocenters. The fourth-order valence-electron chi connectivity index (χ4n) is 5.21. The largest absolute Gasteiger partial charge is 0.573 e. The van der Waals surface area contributed by atoms with Crippen LogP contribution in [0.2, 0.25) is 0 Å². The molecular formula is C24H22F5N3O3. The molecule has 2 heterocycles. The average molecular weight is 495 g/mol. The fourth-order valence-corrected chi connectivity index (χ4v) is 5.21. The number of allylic oxidation sites excluding steroid dienone is 2. The van der Waals surface area contributed by atoms with E-state index in [4.69, 9.17) is 0 Å². The number of hydrogen-bond donors (Lipinski definition) is 1. The van der Waals surface area contributed by atoms with Gasteiger partial charge >= 0.3 is 6.36 Å². The van der Waals surface area contributed by atoms with Gasteiger partial charge in [-0.25, -0.2) is 8.78 Å². The van der Waals surface area contributed by atoms with Crippen molar-refractivity contribution in [2.45, 2.75) is 57.4 Å². The van der Waals surface area contributed by atoms with Crippen LogP contribution in [0.5, 0.6) is 5.75 Å². The Morgan fingerprint density at radius 1 is 1.26 bits per heavy atom. The molecule has 1 aromatic heterocycles. The van der Waals surface area contributed by atoms with Crippen molar-refractivity contribution < 1.29 is 36.6 Å². The molecule has 0 spiro atoms. The monoisotopic (exact) mass is 495 g/mol. The minimum atomic E-state index is -4.87. The number of ether oxygens (including phenoxy) is 1. The topological polar surface area (TPSA) is 67.6 Å². The molecule has 35 heavy (non-hydrogen) atoms. The molecule has 0 radical (unpaired) electrons. The van der Waals surface area contributed by atoms with Crippen molar-refractivity contribution in [3.05, 3.63) is 58.6 Å². The number of aliphatic hydroxyl groups excluding tert-OH is 1. The minimum Gasteiger partial charge on any atom is -0.406 e. The van der Waals surface area contributed by atoms with Crippen molar-refractivity contribution in [1.82, 2.24) is 14.7 Å². The molecule has 186 valence electrons. The van der Waals surface area contributed by atoms with Crippen molar-refractivity contribution in [2.75, 3.05) is 6.54 Å². The van der Waals surface area contributed by atoms with E-state index < -0.39 is 36.3 Å². The first-order valence-electron chi connectivity index (χ1n) is 11.2. The number of halogens is 5. The van der Waals surface area contributed by atoms with Crippen LogP contribution >= 0.6 is 0 Å². The summed E-state index contributed by atoms with van der Waals surface area (Å²) in [5.74, 6) is -1.29. The number of hydrogen-bond acceptors (Lipinski definition) is 4. The molecule has 0 bridgehead atoms. The quantitative estimate of drug-likeness (QED) is 0.635. The summed E-state index contributed by atoms with van der Waals surface area (Å²) >= 11 is 0. The lowest BCUT2D eigenvalue weighted by Crippen LogP contribution is -2.35. The van der Waals surface area contributed by atoms with Crippen molar-refractivity contribution >= 4 is 5.91 Å². The zero-order valence-corrected chi connectivity index (χ0v) is 18.6. The van der Waals surface area contributed by atoms with Gasteiger partial charge in [0.05, 0.1) is 11.8 Å². The van der Waals surface area contributed by atoms with Gasteiger partial charge < -0.3 is 14.7 Å². The molecule has 0 saturated carbocycles. The lowest BCUT2D eigenvalue weighted by atomic mass is 9.95. The van der Waals surface area contributed by atoms with Crippen LogP contribution in [0.15, 0.2) is 47.3 Å². The maximum atomic E-state index is 14.5. The van der Waals surface area contributed by atoms with E-state index in [1.54, 1.807) is 11.0 Å². The maximum absolute atomic E-state index is 14.5. The third-order valence-corrected chi connectivity index (χ3v) is 6.69. The molecule has 5 rings (SSSR count). The Balaban J connectivity index is 1.63. The number of aromatic nitrogens is 2. The van der Waals surface area contributed by atoms with Gasteiger partial charge in [-0.2, -0.15) is 5.10 Å². The van der Waals surface area contributed by atoms with Crippen LogP contribution in [0.25, 0.3) is 11.3 Å². The van der Waals surface area contributed by atoms with Gasteiger partial charge in [0.15, 0.2) is 0 Å². The number of amides is 1. The first-order chi connectivity index (χ1) is 16.5. The zero-order valence-electron chi connectivity index (χ0n) is 18.6. The summed E-state index contributed by atoms with van der Waals surface area (Å²) < 4.78 is 72.6. The van der Waals surface area contributed by atoms with Gasteiger partial charge in [0.25, 0.3) is 0 Å². The molecule has 2 unspecified atom stereocenters. The lowest BCUT2D eigenvalue weighted by Gasteiger charge is -2.29. The molecule has 0 saturated heterocycles. The van der Waals surface area contributed by atoms with Gasteiger partial charge in [0.1, 0.15) is 23.8 Å². The van der Waals surface area contributed by atoms with E-state index in [0.717, 1.165) is 6.08 Å². The van der Waals surface area contributed by atoms with Gasteiger partial charge in [-0.05, 0) is 29.4 Å². The number of carbonyl (C=O) groups excluding carboxylic acids is 1. The van der Waals surface area contributed by atoms with Crippen molar-refractivity contribution in [2.24, 2.45) is 0 Å². The predicted octanol–water partition coefficient (Wildman–Crippen LogP) is 4.55. The molecule has 0 fully saturated rings. The third kappa shape index (κ3) is 4.33. The van der Waals surface area contributed by atoms with Crippen molar-refractivity contribution in [1.29, 1.82) is 0 Å². The van der Waals surface area contributed by atoms with E-state index in [9.17, 15) is 31.9 Å². The SMILES string of the molecule is CC(=O)N1CCc2c(c(-c3cccc(OC(F)(F)F)c3)nn2C2C3=C(C[C@H]2O)C(F)=CC(F)C3)C1. The second-order valence-electron chi connectivity index (χ2n) is 8.94. The number of fused-ring (bicyclic) bond motifs is 1. The van der Waals surface area contributed by atoms with Crippen LogP contribution in [0.1, 0.15) is 37.1 Å². The highest BCUT2D eigenvalue weighted by Crippen LogP contribution is 2.47. The van der Waals surface area contributed by atoms with Crippen LogP contribution in [-0.2, 0) is 17.8 Å². The van der Waals surface area contributed by atoms with Gasteiger partial charge in [-0.15, -0.1) is 13.2 Å². The number of carbonyl (C=O) groups is 1. The highest BCUT2D eigenvalue weighted by Gasteiger charge is 2.42. The first-order valence-corrected chi connectivity index (χ1v) is 11.2. The number of nitrogens with zero attached hydrogens (tertiary/aromatic N) is 3. The number of alkyl halides is 4. The molecule has 6 nitrogen and oxygen atoms in total. The van der Waals surface area contributed by atoms with Crippen LogP contribution in [0.3, 0.4) is 0 Å². The molecule has 1 aromatic carbocycles. The summed E-state index contributed by atoms with van der Waals surface area (Å²) in [4.78, 5) is 13.6. The van der Waals surface area contributed by atoms with Gasteiger partial charge in [0, 0.05) is 56.1 Å². The van der Waals surface area contributed by atoms with Crippen LogP contribution in [0, 0.1) is 0 Å². The lowest BCUT2D eigenvalue weighted by molar-refractivity contribution is -0.274. The normalized spacial score (nSPS) is 24.3. The number of rotatable bonds is 3. The van der Waals surface area contributed by atoms with Gasteiger partial charge in [-0.3, -0.25) is 9.48 Å². The van der Waals surface area contributed by atoms with Gasteiger partial charge in [-0.1, -0.05) is 12.1 Å². The third-order valence-electron chi connectivity index (χ3n) is 6.69. The summed E-state index contributed by atoms with van der Waals surface area (Å²) in [5.41, 5.74) is 2.62. The van der Waals surface area contributed by atoms with E-state index in [2.05, 4.69) is 9.84 Å². The molecule has 3 aliphatic rings. The van der Waals surface area contributed by atoms with Crippen LogP contribution < -0.4 is 4.74 Å². The molecule has 1 aliphatic heterocycles. The fraction of sp³-hybridized carbons (Fsp3) is 0.417. The molecule has 2 aliphatic carbocycles. The number of aliphatic hydroxyl groups is 1. The Labute approximate surface area is 197 Å². The summed E-state index contributed by atoms with van der Waals surface area (Å²) in [6, 6.07) is 4.51. The average Bonchev–Trinajstić information content (AvgIpc) is 3.29. The number of benzene rings is 1. The first kappa shape index (κ1) is 23.5. The second-order valence-corrected chi connectivity index (χ2v) is 8.94. The molecule has 1 amide bonds. The zero-order chi connectivity index (χ0) is 25.1. The summed E-state index contributed by atoms with van der Waals surface area (Å²) in [5, 5.41) is 15.5. The van der Waals surface area contributed by atoms with E-state index in [1.807, 2.05) is 0 Å². The smallest absolute Gasteiger partial charge is 0.406 e. The minimum absolute atomic E-state index is 0.00744. The Morgan fingerprint density at radius 3 is 2.74 bits per heavy atom. The van der Waals surface area contributed by atoms with Crippen LogP contribution in [0.4, 0.5) is 22.0 Å². The summed E-state index contributed by atoms with van der Waals surface area (Å²) in [6.45, 7) is 1.96. The molecule has 2 aromatic rings. The maximum Gasteiger partial charge on any atom is 0.573 e. The molecule has 1 N–H and O–H groups in total. The Hall–Kier alpha value is -3.21.